The summed E-state index contributed by atoms with van der Waals surface area (Å²) in [5.74, 6) is 0. The first-order valence-corrected chi connectivity index (χ1v) is 7.46. The van der Waals surface area contributed by atoms with Crippen LogP contribution in [0.4, 0.5) is 0 Å². The molecule has 2 rings (SSSR count). The van der Waals surface area contributed by atoms with Gasteiger partial charge in [0, 0.05) is 6.42 Å². The summed E-state index contributed by atoms with van der Waals surface area (Å²) in [6, 6.07) is 14.1. The third-order valence-corrected chi connectivity index (χ3v) is 5.19. The Labute approximate surface area is 137 Å². The number of hydrogen-bond acceptors (Lipinski definition) is 0. The van der Waals surface area contributed by atoms with Crippen LogP contribution in [0.15, 0.2) is 42.5 Å². The molecule has 0 atom stereocenters. The van der Waals surface area contributed by atoms with Crippen LogP contribution in [-0.4, -0.2) is 8.13 Å². The van der Waals surface area contributed by atoms with Crippen LogP contribution in [0, 0.1) is 6.42 Å². The van der Waals surface area contributed by atoms with Gasteiger partial charge in [0.25, 0.3) is 0 Å². The number of fused-ring (bicyclic) bond motifs is 1. The lowest BCUT2D eigenvalue weighted by atomic mass is 10.0. The van der Waals surface area contributed by atoms with Gasteiger partial charge in [0.15, 0.2) is 4.33 Å². The van der Waals surface area contributed by atoms with Crippen molar-refractivity contribution in [2.45, 2.75) is 14.5 Å². The predicted octanol–water partition coefficient (Wildman–Crippen LogP) is 6.13. The highest BCUT2D eigenvalue weighted by atomic mass is 35.6. The molecule has 0 aliphatic heterocycles. The van der Waals surface area contributed by atoms with Crippen molar-refractivity contribution in [3.05, 3.63) is 54.4 Å². The van der Waals surface area contributed by atoms with Gasteiger partial charge in [-0.25, -0.2) is 0 Å². The fraction of sp³-hybridized carbons (Fsp3) is 0.214. The summed E-state index contributed by atoms with van der Waals surface area (Å²) in [7, 11) is 0. The predicted molar refractivity (Wildman–Crippen MR) is 86.7 cm³/mol. The SMILES string of the molecule is ClC(Cl)(Cl)C(Cl)(Cl)[CH]Cc1cccc2ccccc12. The van der Waals surface area contributed by atoms with Gasteiger partial charge >= 0.3 is 0 Å². The monoisotopic (exact) mass is 353 g/mol. The molecule has 0 amide bonds. The largest absolute Gasteiger partial charge is 0.223 e. The lowest BCUT2D eigenvalue weighted by Gasteiger charge is -2.27. The highest BCUT2D eigenvalue weighted by Crippen LogP contribution is 2.48. The van der Waals surface area contributed by atoms with Gasteiger partial charge in [-0.2, -0.15) is 0 Å². The van der Waals surface area contributed by atoms with Gasteiger partial charge in [0.2, 0.25) is 3.79 Å². The first-order valence-electron chi connectivity index (χ1n) is 5.57. The van der Waals surface area contributed by atoms with Gasteiger partial charge < -0.3 is 0 Å². The van der Waals surface area contributed by atoms with Crippen molar-refractivity contribution in [2.24, 2.45) is 0 Å². The van der Waals surface area contributed by atoms with Crippen LogP contribution in [-0.2, 0) is 6.42 Å². The maximum absolute atomic E-state index is 6.03. The topological polar surface area (TPSA) is 0 Å². The smallest absolute Gasteiger partial charge is 0.0965 e. The summed E-state index contributed by atoms with van der Waals surface area (Å²) in [6.07, 6.45) is 2.12. The van der Waals surface area contributed by atoms with Crippen molar-refractivity contribution in [3.8, 4) is 0 Å². The van der Waals surface area contributed by atoms with E-state index in [1.54, 1.807) is 6.42 Å². The van der Waals surface area contributed by atoms with Crippen molar-refractivity contribution in [3.63, 3.8) is 0 Å². The highest BCUT2D eigenvalue weighted by molar-refractivity contribution is 6.75. The lowest BCUT2D eigenvalue weighted by molar-refractivity contribution is 0.870. The van der Waals surface area contributed by atoms with Gasteiger partial charge in [-0.15, -0.1) is 0 Å². The number of benzene rings is 2. The van der Waals surface area contributed by atoms with Crippen LogP contribution in [0.2, 0.25) is 0 Å². The van der Waals surface area contributed by atoms with Crippen LogP contribution < -0.4 is 0 Å². The van der Waals surface area contributed by atoms with E-state index in [1.165, 1.54) is 0 Å². The van der Waals surface area contributed by atoms with Crippen LogP contribution in [0.1, 0.15) is 5.56 Å². The summed E-state index contributed by atoms with van der Waals surface area (Å²) in [5.41, 5.74) is 1.08. The van der Waals surface area contributed by atoms with Crippen LogP contribution in [0.5, 0.6) is 0 Å². The summed E-state index contributed by atoms with van der Waals surface area (Å²) in [5, 5.41) is 2.28. The molecule has 2 aromatic rings. The standard InChI is InChI=1S/C14H10Cl5/c15-13(16,14(17,18)19)9-8-11-6-3-5-10-4-1-2-7-12(10)11/h1-7,9H,8H2. The molecule has 0 aromatic heterocycles. The van der Waals surface area contributed by atoms with Gasteiger partial charge in [-0.05, 0) is 22.8 Å². The fourth-order valence-corrected chi connectivity index (χ4v) is 2.21. The second kappa shape index (κ2) is 5.87. The Kier molecular flexibility index (Phi) is 4.80. The van der Waals surface area contributed by atoms with Crippen molar-refractivity contribution in [1.29, 1.82) is 0 Å². The summed E-state index contributed by atoms with van der Waals surface area (Å²) >= 11 is 29.3. The molecule has 0 spiro atoms. The van der Waals surface area contributed by atoms with E-state index in [0.29, 0.717) is 6.42 Å². The van der Waals surface area contributed by atoms with Gasteiger partial charge in [-0.3, -0.25) is 0 Å². The fourth-order valence-electron chi connectivity index (χ4n) is 1.82. The Balaban J connectivity index is 2.23. The molecular weight excluding hydrogens is 345 g/mol. The van der Waals surface area contributed by atoms with E-state index in [1.807, 2.05) is 42.5 Å². The molecule has 0 N–H and O–H groups in total. The summed E-state index contributed by atoms with van der Waals surface area (Å²) in [6.45, 7) is 0. The van der Waals surface area contributed by atoms with Crippen molar-refractivity contribution < 1.29 is 0 Å². The molecule has 0 aliphatic carbocycles. The van der Waals surface area contributed by atoms with E-state index >= 15 is 0 Å². The Morgan fingerprint density at radius 2 is 1.47 bits per heavy atom. The van der Waals surface area contributed by atoms with Gasteiger partial charge in [0.1, 0.15) is 0 Å². The molecule has 1 radical (unpaired) electrons. The summed E-state index contributed by atoms with van der Waals surface area (Å²) in [4.78, 5) is 0. The zero-order valence-corrected chi connectivity index (χ0v) is 13.5. The lowest BCUT2D eigenvalue weighted by Crippen LogP contribution is -2.32. The van der Waals surface area contributed by atoms with E-state index in [9.17, 15) is 0 Å². The van der Waals surface area contributed by atoms with Gasteiger partial charge in [-0.1, -0.05) is 100 Å². The zero-order valence-electron chi connectivity index (χ0n) is 9.72. The van der Waals surface area contributed by atoms with Crippen LogP contribution in [0.3, 0.4) is 0 Å². The normalized spacial score (nSPS) is 12.9. The van der Waals surface area contributed by atoms with E-state index in [0.717, 1.165) is 16.3 Å². The van der Waals surface area contributed by atoms with E-state index in [2.05, 4.69) is 0 Å². The number of halogens is 5. The highest BCUT2D eigenvalue weighted by Gasteiger charge is 2.45. The molecule has 0 nitrogen and oxygen atoms in total. The van der Waals surface area contributed by atoms with Crippen molar-refractivity contribution in [2.75, 3.05) is 0 Å². The number of hydrogen-bond donors (Lipinski definition) is 0. The molecule has 0 bridgehead atoms. The zero-order chi connectivity index (χ0) is 14.1. The van der Waals surface area contributed by atoms with E-state index in [4.69, 9.17) is 58.0 Å². The molecule has 101 valence electrons. The Morgan fingerprint density at radius 3 is 2.16 bits per heavy atom. The minimum Gasteiger partial charge on any atom is -0.0965 e. The minimum atomic E-state index is -1.76. The maximum Gasteiger partial charge on any atom is 0.223 e. The van der Waals surface area contributed by atoms with Crippen LogP contribution in [0.25, 0.3) is 10.8 Å². The maximum atomic E-state index is 6.03. The second-order valence-electron chi connectivity index (χ2n) is 4.17. The molecule has 0 heterocycles. The quantitative estimate of drug-likeness (QED) is 0.581. The molecule has 5 heteroatoms. The minimum absolute atomic E-state index is 0.516. The van der Waals surface area contributed by atoms with E-state index < -0.39 is 8.13 Å². The van der Waals surface area contributed by atoms with Crippen LogP contribution >= 0.6 is 58.0 Å². The van der Waals surface area contributed by atoms with Crippen molar-refractivity contribution in [1.82, 2.24) is 0 Å². The molecule has 0 unspecified atom stereocenters. The molecule has 0 fully saturated rings. The molecule has 19 heavy (non-hydrogen) atoms. The molecule has 0 saturated carbocycles. The Bertz CT molecular complexity index is 566. The number of alkyl halides is 5. The van der Waals surface area contributed by atoms with E-state index in [-0.39, 0.29) is 0 Å². The molecule has 0 saturated heterocycles. The Morgan fingerprint density at radius 1 is 0.842 bits per heavy atom. The summed E-state index contributed by atoms with van der Waals surface area (Å²) < 4.78 is -3.30. The third kappa shape index (κ3) is 3.62. The average Bonchev–Trinajstić information content (AvgIpc) is 2.35. The molecule has 2 aromatic carbocycles. The van der Waals surface area contributed by atoms with Crippen molar-refractivity contribution >= 4 is 68.8 Å². The first-order chi connectivity index (χ1) is 8.81. The Hall–Kier alpha value is 0.150. The number of rotatable bonds is 3. The average molecular weight is 355 g/mol. The molecule has 0 aliphatic rings. The van der Waals surface area contributed by atoms with Gasteiger partial charge in [0.05, 0.1) is 0 Å². The molecular formula is C14H10Cl5. The first kappa shape index (κ1) is 15.5. The third-order valence-electron chi connectivity index (χ3n) is 2.84. The second-order valence-corrected chi connectivity index (χ2v) is 7.83.